The van der Waals surface area contributed by atoms with Gasteiger partial charge in [-0.2, -0.15) is 13.2 Å². The SMILES string of the molecule is COC(=O)c1cc(S(=O)(=O)Nc2cccc(C(F)(F)F)c2)ccc1C. The summed E-state index contributed by atoms with van der Waals surface area (Å²) in [6.45, 7) is 1.60. The minimum absolute atomic E-state index is 0.0504. The average Bonchev–Trinajstić information content (AvgIpc) is 2.53. The van der Waals surface area contributed by atoms with E-state index in [4.69, 9.17) is 0 Å². The van der Waals surface area contributed by atoms with Crippen molar-refractivity contribution < 1.29 is 31.1 Å². The number of carbonyl (C=O) groups is 1. The first kappa shape index (κ1) is 18.8. The van der Waals surface area contributed by atoms with E-state index in [0.29, 0.717) is 11.6 Å². The molecule has 0 heterocycles. The van der Waals surface area contributed by atoms with Gasteiger partial charge in [-0.1, -0.05) is 12.1 Å². The van der Waals surface area contributed by atoms with Crippen LogP contribution in [0, 0.1) is 6.92 Å². The summed E-state index contributed by atoms with van der Waals surface area (Å²) in [7, 11) is -3.03. The minimum atomic E-state index is -4.59. The first-order chi connectivity index (χ1) is 11.5. The zero-order chi connectivity index (χ0) is 18.8. The quantitative estimate of drug-likeness (QED) is 0.831. The highest BCUT2D eigenvalue weighted by molar-refractivity contribution is 7.92. The number of anilines is 1. The largest absolute Gasteiger partial charge is 0.465 e. The molecule has 134 valence electrons. The molecule has 5 nitrogen and oxygen atoms in total. The molecule has 0 aliphatic rings. The van der Waals surface area contributed by atoms with Gasteiger partial charge in [0.2, 0.25) is 0 Å². The number of hydrogen-bond acceptors (Lipinski definition) is 4. The fraction of sp³-hybridized carbons (Fsp3) is 0.188. The second-order valence-electron chi connectivity index (χ2n) is 5.15. The van der Waals surface area contributed by atoms with Crippen molar-refractivity contribution >= 4 is 21.7 Å². The van der Waals surface area contributed by atoms with E-state index in [1.807, 2.05) is 0 Å². The van der Waals surface area contributed by atoms with Gasteiger partial charge in [-0.3, -0.25) is 4.72 Å². The maximum atomic E-state index is 12.7. The molecule has 1 N–H and O–H groups in total. The summed E-state index contributed by atoms with van der Waals surface area (Å²) in [5, 5.41) is 0. The maximum absolute atomic E-state index is 12.7. The van der Waals surface area contributed by atoms with Gasteiger partial charge in [0.1, 0.15) is 0 Å². The molecule has 0 aromatic heterocycles. The van der Waals surface area contributed by atoms with Gasteiger partial charge in [-0.25, -0.2) is 13.2 Å². The number of sulfonamides is 1. The van der Waals surface area contributed by atoms with Crippen molar-refractivity contribution in [3.05, 3.63) is 59.2 Å². The number of nitrogens with one attached hydrogen (secondary N) is 1. The highest BCUT2D eigenvalue weighted by Gasteiger charge is 2.30. The van der Waals surface area contributed by atoms with Crippen LogP contribution in [0.25, 0.3) is 0 Å². The topological polar surface area (TPSA) is 72.5 Å². The molecule has 0 atom stereocenters. The lowest BCUT2D eigenvalue weighted by molar-refractivity contribution is -0.137. The smallest absolute Gasteiger partial charge is 0.416 e. The van der Waals surface area contributed by atoms with Gasteiger partial charge in [-0.05, 0) is 42.8 Å². The molecule has 9 heteroatoms. The third-order valence-corrected chi connectivity index (χ3v) is 4.75. The van der Waals surface area contributed by atoms with Crippen LogP contribution >= 0.6 is 0 Å². The summed E-state index contributed by atoms with van der Waals surface area (Å²) < 4.78 is 69.6. The number of alkyl halides is 3. The number of methoxy groups -OCH3 is 1. The van der Waals surface area contributed by atoms with E-state index in [9.17, 15) is 26.4 Å². The fourth-order valence-electron chi connectivity index (χ4n) is 2.07. The van der Waals surface area contributed by atoms with E-state index >= 15 is 0 Å². The molecule has 0 aliphatic heterocycles. The summed E-state index contributed by atoms with van der Waals surface area (Å²) >= 11 is 0. The van der Waals surface area contributed by atoms with Crippen molar-refractivity contribution in [3.8, 4) is 0 Å². The molecule has 2 aromatic rings. The van der Waals surface area contributed by atoms with E-state index in [-0.39, 0.29) is 16.1 Å². The molecule has 2 aromatic carbocycles. The standard InChI is InChI=1S/C16H14F3NO4S/c1-10-6-7-13(9-14(10)15(21)24-2)25(22,23)20-12-5-3-4-11(8-12)16(17,18)19/h3-9,20H,1-2H3. The fourth-order valence-corrected chi connectivity index (χ4v) is 3.15. The van der Waals surface area contributed by atoms with Crippen molar-refractivity contribution in [2.75, 3.05) is 11.8 Å². The monoisotopic (exact) mass is 373 g/mol. The number of hydrogen-bond donors (Lipinski definition) is 1. The van der Waals surface area contributed by atoms with Gasteiger partial charge in [0, 0.05) is 5.69 Å². The van der Waals surface area contributed by atoms with E-state index in [1.54, 1.807) is 6.92 Å². The Morgan fingerprint density at radius 2 is 1.80 bits per heavy atom. The molecule has 25 heavy (non-hydrogen) atoms. The van der Waals surface area contributed by atoms with E-state index in [0.717, 1.165) is 25.3 Å². The number of aryl methyl sites for hydroxylation is 1. The normalized spacial score (nSPS) is 11.9. The molecule has 0 amide bonds. The Morgan fingerprint density at radius 3 is 2.40 bits per heavy atom. The molecule has 0 spiro atoms. The van der Waals surface area contributed by atoms with Crippen LogP contribution < -0.4 is 4.72 Å². The van der Waals surface area contributed by atoms with Crippen LogP contribution in [0.2, 0.25) is 0 Å². The number of benzene rings is 2. The minimum Gasteiger partial charge on any atom is -0.465 e. The second kappa shape index (κ2) is 6.75. The summed E-state index contributed by atoms with van der Waals surface area (Å²) in [6, 6.07) is 7.58. The average molecular weight is 373 g/mol. The summed E-state index contributed by atoms with van der Waals surface area (Å²) in [6.07, 6.45) is -4.59. The van der Waals surface area contributed by atoms with Crippen LogP contribution in [0.5, 0.6) is 0 Å². The highest BCUT2D eigenvalue weighted by Crippen LogP contribution is 2.31. The molecular formula is C16H14F3NO4S. The first-order valence-corrected chi connectivity index (χ1v) is 8.42. The summed E-state index contributed by atoms with van der Waals surface area (Å²) in [5.74, 6) is -0.714. The molecule has 0 saturated carbocycles. The number of ether oxygens (including phenoxy) is 1. The molecule has 0 unspecified atom stereocenters. The number of carbonyl (C=O) groups excluding carboxylic acids is 1. The third kappa shape index (κ3) is 4.30. The first-order valence-electron chi connectivity index (χ1n) is 6.93. The van der Waals surface area contributed by atoms with Crippen molar-refractivity contribution in [2.24, 2.45) is 0 Å². The number of halogens is 3. The second-order valence-corrected chi connectivity index (χ2v) is 6.83. The lowest BCUT2D eigenvalue weighted by Crippen LogP contribution is -2.15. The van der Waals surface area contributed by atoms with Gasteiger partial charge in [0.05, 0.1) is 23.1 Å². The van der Waals surface area contributed by atoms with Crippen LogP contribution in [0.3, 0.4) is 0 Å². The Bertz CT molecular complexity index is 908. The van der Waals surface area contributed by atoms with E-state index in [1.165, 1.54) is 18.2 Å². The Hall–Kier alpha value is -2.55. The lowest BCUT2D eigenvalue weighted by atomic mass is 10.1. The molecule has 2 rings (SSSR count). The van der Waals surface area contributed by atoms with Crippen LogP contribution in [0.15, 0.2) is 47.4 Å². The van der Waals surface area contributed by atoms with Crippen LogP contribution in [0.1, 0.15) is 21.5 Å². The maximum Gasteiger partial charge on any atom is 0.416 e. The van der Waals surface area contributed by atoms with Crippen LogP contribution in [-0.4, -0.2) is 21.5 Å². The molecular weight excluding hydrogens is 359 g/mol. The van der Waals surface area contributed by atoms with Gasteiger partial charge in [0.25, 0.3) is 10.0 Å². The van der Waals surface area contributed by atoms with Crippen LogP contribution in [0.4, 0.5) is 18.9 Å². The molecule has 0 saturated heterocycles. The van der Waals surface area contributed by atoms with Crippen molar-refractivity contribution in [2.45, 2.75) is 18.0 Å². The third-order valence-electron chi connectivity index (χ3n) is 3.37. The Morgan fingerprint density at radius 1 is 1.12 bits per heavy atom. The summed E-state index contributed by atoms with van der Waals surface area (Å²) in [5.41, 5.74) is -0.666. The Labute approximate surface area is 142 Å². The lowest BCUT2D eigenvalue weighted by Gasteiger charge is -2.12. The van der Waals surface area contributed by atoms with Crippen molar-refractivity contribution in [1.29, 1.82) is 0 Å². The van der Waals surface area contributed by atoms with Gasteiger partial charge < -0.3 is 4.74 Å². The van der Waals surface area contributed by atoms with Crippen molar-refractivity contribution in [3.63, 3.8) is 0 Å². The molecule has 0 fully saturated rings. The molecule has 0 radical (unpaired) electrons. The van der Waals surface area contributed by atoms with E-state index in [2.05, 4.69) is 9.46 Å². The number of rotatable bonds is 4. The zero-order valence-electron chi connectivity index (χ0n) is 13.2. The predicted molar refractivity (Wildman–Crippen MR) is 84.8 cm³/mol. The van der Waals surface area contributed by atoms with Gasteiger partial charge >= 0.3 is 12.1 Å². The summed E-state index contributed by atoms with van der Waals surface area (Å²) in [4.78, 5) is 11.4. The Balaban J connectivity index is 2.39. The van der Waals surface area contributed by atoms with Crippen molar-refractivity contribution in [1.82, 2.24) is 0 Å². The Kier molecular flexibility index (Phi) is 5.07. The van der Waals surface area contributed by atoms with Crippen LogP contribution in [-0.2, 0) is 20.9 Å². The van der Waals surface area contributed by atoms with Gasteiger partial charge in [-0.15, -0.1) is 0 Å². The van der Waals surface area contributed by atoms with Gasteiger partial charge in [0.15, 0.2) is 0 Å². The zero-order valence-corrected chi connectivity index (χ0v) is 14.0. The van der Waals surface area contributed by atoms with E-state index < -0.39 is 27.7 Å². The number of esters is 1. The highest BCUT2D eigenvalue weighted by atomic mass is 32.2. The predicted octanol–water partition coefficient (Wildman–Crippen LogP) is 3.60. The molecule has 0 aliphatic carbocycles. The molecule has 0 bridgehead atoms.